The van der Waals surface area contributed by atoms with Crippen LogP contribution in [0.5, 0.6) is 0 Å². The number of thiophene rings is 1. The molecule has 0 bridgehead atoms. The van der Waals surface area contributed by atoms with Crippen LogP contribution in [0.15, 0.2) is 6.07 Å². The van der Waals surface area contributed by atoms with Crippen LogP contribution in [0.25, 0.3) is 10.2 Å². The van der Waals surface area contributed by atoms with Gasteiger partial charge < -0.3 is 5.11 Å². The molecule has 0 aromatic carbocycles. The van der Waals surface area contributed by atoms with E-state index in [4.69, 9.17) is 0 Å². The summed E-state index contributed by atoms with van der Waals surface area (Å²) < 4.78 is 0. The lowest BCUT2D eigenvalue weighted by Gasteiger charge is -2.33. The molecule has 0 saturated heterocycles. The maximum Gasteiger partial charge on any atom is 0.127 e. The highest BCUT2D eigenvalue weighted by Crippen LogP contribution is 2.45. The molecule has 1 aliphatic rings. The molecule has 0 atom stereocenters. The molecular formula is C16H22N2OS. The van der Waals surface area contributed by atoms with Crippen LogP contribution >= 0.6 is 11.3 Å². The summed E-state index contributed by atoms with van der Waals surface area (Å²) >= 11 is 1.79. The fraction of sp³-hybridized carbons (Fsp3) is 0.625. The smallest absolute Gasteiger partial charge is 0.127 e. The third kappa shape index (κ3) is 2.59. The molecule has 2 aromatic rings. The molecule has 1 N–H and O–H groups in total. The maximum absolute atomic E-state index is 9.46. The van der Waals surface area contributed by atoms with E-state index in [9.17, 15) is 5.11 Å². The van der Waals surface area contributed by atoms with Gasteiger partial charge in [0.05, 0.1) is 12.3 Å². The zero-order valence-electron chi connectivity index (χ0n) is 12.4. The molecule has 2 aromatic heterocycles. The Balaban J connectivity index is 1.94. The molecule has 4 heteroatoms. The Hall–Kier alpha value is -1.00. The van der Waals surface area contributed by atoms with E-state index in [-0.39, 0.29) is 6.61 Å². The molecular weight excluding hydrogens is 268 g/mol. The van der Waals surface area contributed by atoms with E-state index in [1.54, 1.807) is 11.3 Å². The third-order valence-corrected chi connectivity index (χ3v) is 5.69. The minimum atomic E-state index is -0.00622. The minimum absolute atomic E-state index is 0.00622. The lowest BCUT2D eigenvalue weighted by Crippen LogP contribution is -2.19. The van der Waals surface area contributed by atoms with E-state index in [1.807, 2.05) is 6.92 Å². The topological polar surface area (TPSA) is 46.0 Å². The van der Waals surface area contributed by atoms with Crippen LogP contribution in [0.3, 0.4) is 0 Å². The average molecular weight is 290 g/mol. The average Bonchev–Trinajstić information content (AvgIpc) is 2.81. The highest BCUT2D eigenvalue weighted by molar-refractivity contribution is 7.18. The number of hydrogen-bond donors (Lipinski definition) is 1. The van der Waals surface area contributed by atoms with Crippen molar-refractivity contribution in [3.63, 3.8) is 0 Å². The Kier molecular flexibility index (Phi) is 3.55. The van der Waals surface area contributed by atoms with Crippen molar-refractivity contribution in [1.29, 1.82) is 0 Å². The predicted molar refractivity (Wildman–Crippen MR) is 83.1 cm³/mol. The molecule has 1 saturated carbocycles. The van der Waals surface area contributed by atoms with Crippen molar-refractivity contribution < 1.29 is 5.11 Å². The fourth-order valence-electron chi connectivity index (χ4n) is 3.12. The van der Waals surface area contributed by atoms with Gasteiger partial charge >= 0.3 is 0 Å². The molecule has 0 spiro atoms. The lowest BCUT2D eigenvalue weighted by molar-refractivity contribution is 0.226. The van der Waals surface area contributed by atoms with Crippen LogP contribution in [0.2, 0.25) is 0 Å². The van der Waals surface area contributed by atoms with Crippen LogP contribution in [0, 0.1) is 12.3 Å². The summed E-state index contributed by atoms with van der Waals surface area (Å²) in [6, 6.07) is 2.22. The standard InChI is InChI=1S/C16H22N2OS/c1-10-17-13(9-19)12-8-14(20-15(12)18-10)11-4-6-16(2,3)7-5-11/h8,11,19H,4-7,9H2,1-3H3. The first-order valence-corrected chi connectivity index (χ1v) is 8.18. The van der Waals surface area contributed by atoms with Gasteiger partial charge in [0.2, 0.25) is 0 Å². The molecule has 3 rings (SSSR count). The van der Waals surface area contributed by atoms with Crippen molar-refractivity contribution in [2.24, 2.45) is 5.41 Å². The van der Waals surface area contributed by atoms with Gasteiger partial charge in [0.15, 0.2) is 0 Å². The third-order valence-electron chi connectivity index (χ3n) is 4.49. The first kappa shape index (κ1) is 14.0. The second-order valence-electron chi connectivity index (χ2n) is 6.68. The van der Waals surface area contributed by atoms with E-state index < -0.39 is 0 Å². The molecule has 0 unspecified atom stereocenters. The summed E-state index contributed by atoms with van der Waals surface area (Å²) in [6.45, 7) is 6.62. The number of fused-ring (bicyclic) bond motifs is 1. The molecule has 0 amide bonds. The quantitative estimate of drug-likeness (QED) is 0.902. The highest BCUT2D eigenvalue weighted by atomic mass is 32.1. The summed E-state index contributed by atoms with van der Waals surface area (Å²) in [4.78, 5) is 11.3. The van der Waals surface area contributed by atoms with Gasteiger partial charge in [-0.2, -0.15) is 0 Å². The first-order valence-electron chi connectivity index (χ1n) is 7.36. The van der Waals surface area contributed by atoms with Gasteiger partial charge in [-0.05, 0) is 50.0 Å². The van der Waals surface area contributed by atoms with Crippen LogP contribution in [0.1, 0.15) is 61.8 Å². The summed E-state index contributed by atoms with van der Waals surface area (Å²) in [7, 11) is 0. The molecule has 1 aliphatic carbocycles. The number of aromatic nitrogens is 2. The minimum Gasteiger partial charge on any atom is -0.390 e. The summed E-state index contributed by atoms with van der Waals surface area (Å²) in [6.07, 6.45) is 5.12. The number of aliphatic hydroxyl groups excluding tert-OH is 1. The van der Waals surface area contributed by atoms with Gasteiger partial charge in [0.1, 0.15) is 10.7 Å². The maximum atomic E-state index is 9.46. The van der Waals surface area contributed by atoms with Gasteiger partial charge in [-0.1, -0.05) is 13.8 Å². The Bertz CT molecular complexity index is 623. The summed E-state index contributed by atoms with van der Waals surface area (Å²) in [5, 5.41) is 10.5. The second-order valence-corrected chi connectivity index (χ2v) is 7.74. The van der Waals surface area contributed by atoms with Gasteiger partial charge in [0, 0.05) is 10.3 Å². The lowest BCUT2D eigenvalue weighted by atomic mass is 9.73. The zero-order valence-corrected chi connectivity index (χ0v) is 13.3. The number of aliphatic hydroxyl groups is 1. The van der Waals surface area contributed by atoms with Crippen LogP contribution in [0.4, 0.5) is 0 Å². The normalized spacial score (nSPS) is 19.6. The molecule has 0 aliphatic heterocycles. The highest BCUT2D eigenvalue weighted by Gasteiger charge is 2.28. The molecule has 2 heterocycles. The number of rotatable bonds is 2. The van der Waals surface area contributed by atoms with Crippen LogP contribution in [-0.4, -0.2) is 15.1 Å². The van der Waals surface area contributed by atoms with E-state index in [1.165, 1.54) is 30.6 Å². The molecule has 0 radical (unpaired) electrons. The predicted octanol–water partition coefficient (Wildman–Crippen LogP) is 4.18. The van der Waals surface area contributed by atoms with Gasteiger partial charge in [0.25, 0.3) is 0 Å². The Labute approximate surface area is 124 Å². The summed E-state index contributed by atoms with van der Waals surface area (Å²) in [5.74, 6) is 1.41. The number of aryl methyl sites for hydroxylation is 1. The van der Waals surface area contributed by atoms with Crippen molar-refractivity contribution in [3.05, 3.63) is 22.5 Å². The Morgan fingerprint density at radius 2 is 2.00 bits per heavy atom. The Morgan fingerprint density at radius 1 is 1.30 bits per heavy atom. The van der Waals surface area contributed by atoms with Crippen molar-refractivity contribution in [1.82, 2.24) is 9.97 Å². The zero-order chi connectivity index (χ0) is 14.3. The number of hydrogen-bond acceptors (Lipinski definition) is 4. The number of nitrogens with zero attached hydrogens (tertiary/aromatic N) is 2. The molecule has 3 nitrogen and oxygen atoms in total. The van der Waals surface area contributed by atoms with Gasteiger partial charge in [-0.3, -0.25) is 0 Å². The SMILES string of the molecule is Cc1nc(CO)c2cc(C3CCC(C)(C)CC3)sc2n1. The molecule has 20 heavy (non-hydrogen) atoms. The Morgan fingerprint density at radius 3 is 2.65 bits per heavy atom. The van der Waals surface area contributed by atoms with Gasteiger partial charge in [-0.15, -0.1) is 11.3 Å². The van der Waals surface area contributed by atoms with E-state index in [2.05, 4.69) is 29.9 Å². The molecule has 1 fully saturated rings. The van der Waals surface area contributed by atoms with E-state index >= 15 is 0 Å². The van der Waals surface area contributed by atoms with Crippen molar-refractivity contribution in [3.8, 4) is 0 Å². The van der Waals surface area contributed by atoms with E-state index in [0.29, 0.717) is 11.3 Å². The summed E-state index contributed by atoms with van der Waals surface area (Å²) in [5.41, 5.74) is 1.27. The van der Waals surface area contributed by atoms with Crippen LogP contribution < -0.4 is 0 Å². The van der Waals surface area contributed by atoms with Gasteiger partial charge in [-0.25, -0.2) is 9.97 Å². The first-order chi connectivity index (χ1) is 9.48. The van der Waals surface area contributed by atoms with Crippen molar-refractivity contribution in [2.45, 2.75) is 59.0 Å². The van der Waals surface area contributed by atoms with Crippen LogP contribution in [-0.2, 0) is 6.61 Å². The van der Waals surface area contributed by atoms with E-state index in [0.717, 1.165) is 21.7 Å². The van der Waals surface area contributed by atoms with Crippen molar-refractivity contribution >= 4 is 21.6 Å². The second kappa shape index (κ2) is 5.08. The largest absolute Gasteiger partial charge is 0.390 e. The fourth-order valence-corrected chi connectivity index (χ4v) is 4.39. The monoisotopic (exact) mass is 290 g/mol. The van der Waals surface area contributed by atoms with Crippen molar-refractivity contribution in [2.75, 3.05) is 0 Å². The molecule has 108 valence electrons.